The average Bonchev–Trinajstić information content (AvgIpc) is 2.77. The summed E-state index contributed by atoms with van der Waals surface area (Å²) in [6.45, 7) is -0.0805. The molecule has 3 aromatic rings. The molecule has 0 saturated carbocycles. The minimum absolute atomic E-state index is 0.0693. The number of hydrogen-bond acceptors (Lipinski definition) is 3. The van der Waals surface area contributed by atoms with Crippen LogP contribution in [0.1, 0.15) is 15.9 Å². The maximum absolute atomic E-state index is 13.4. The highest BCUT2D eigenvalue weighted by molar-refractivity contribution is 7.89. The number of halogens is 4. The van der Waals surface area contributed by atoms with Crippen LogP contribution in [0.5, 0.6) is 0 Å². The summed E-state index contributed by atoms with van der Waals surface area (Å²) < 4.78 is 67.0. The molecule has 0 aromatic heterocycles. The number of sulfonamides is 1. The van der Waals surface area contributed by atoms with Crippen LogP contribution in [0.3, 0.4) is 0 Å². The van der Waals surface area contributed by atoms with Gasteiger partial charge in [-0.05, 0) is 41.1 Å². The summed E-state index contributed by atoms with van der Waals surface area (Å²) in [7, 11) is -4.42. The second kappa shape index (κ2) is 8.38. The molecule has 168 valence electrons. The maximum atomic E-state index is 13.4. The van der Waals surface area contributed by atoms with Crippen LogP contribution >= 0.6 is 11.6 Å². The van der Waals surface area contributed by atoms with Gasteiger partial charge in [-0.1, -0.05) is 41.9 Å². The SMILES string of the molecule is O=C(c1ccc2ccccc2c1)N1CCN(S(=O)(=O)c2ccc(Cl)cc2C(F)(F)F)CC1. The molecule has 0 aliphatic carbocycles. The van der Waals surface area contributed by atoms with Gasteiger partial charge in [0.25, 0.3) is 5.91 Å². The zero-order valence-electron chi connectivity index (χ0n) is 16.6. The Morgan fingerprint density at radius 2 is 1.53 bits per heavy atom. The zero-order valence-corrected chi connectivity index (χ0v) is 18.2. The van der Waals surface area contributed by atoms with Gasteiger partial charge in [0.1, 0.15) is 0 Å². The lowest BCUT2D eigenvalue weighted by molar-refractivity contribution is -0.139. The summed E-state index contributed by atoms with van der Waals surface area (Å²) >= 11 is 5.65. The normalized spacial score (nSPS) is 15.8. The van der Waals surface area contributed by atoms with E-state index < -0.39 is 26.7 Å². The van der Waals surface area contributed by atoms with E-state index in [0.717, 1.165) is 27.2 Å². The van der Waals surface area contributed by atoms with Crippen LogP contribution in [-0.2, 0) is 16.2 Å². The summed E-state index contributed by atoms with van der Waals surface area (Å²) in [5, 5.41) is 1.69. The summed E-state index contributed by atoms with van der Waals surface area (Å²) in [5.41, 5.74) is -0.836. The van der Waals surface area contributed by atoms with E-state index in [4.69, 9.17) is 11.6 Å². The van der Waals surface area contributed by atoms with E-state index in [0.29, 0.717) is 11.6 Å². The standard InChI is InChI=1S/C22H18ClF3N2O3S/c23-18-7-8-20(19(14-18)22(24,25)26)32(30,31)28-11-9-27(10-12-28)21(29)17-6-5-15-3-1-2-4-16(15)13-17/h1-8,13-14H,9-12H2. The Labute approximate surface area is 188 Å². The molecule has 1 aliphatic rings. The number of carbonyl (C=O) groups excluding carboxylic acids is 1. The number of rotatable bonds is 3. The first-order valence-corrected chi connectivity index (χ1v) is 11.5. The number of benzene rings is 3. The summed E-state index contributed by atoms with van der Waals surface area (Å²) in [6.07, 6.45) is -4.87. The third-order valence-corrected chi connectivity index (χ3v) is 7.58. The van der Waals surface area contributed by atoms with Crippen LogP contribution in [0.15, 0.2) is 65.6 Å². The van der Waals surface area contributed by atoms with Crippen molar-refractivity contribution in [3.8, 4) is 0 Å². The van der Waals surface area contributed by atoms with E-state index in [9.17, 15) is 26.4 Å². The lowest BCUT2D eigenvalue weighted by atomic mass is 10.1. The fourth-order valence-corrected chi connectivity index (χ4v) is 5.51. The first-order valence-electron chi connectivity index (χ1n) is 9.72. The Balaban J connectivity index is 1.52. The molecule has 0 unspecified atom stereocenters. The minimum atomic E-state index is -4.87. The van der Waals surface area contributed by atoms with Crippen LogP contribution in [0.25, 0.3) is 10.8 Å². The number of carbonyl (C=O) groups is 1. The molecule has 1 saturated heterocycles. The molecule has 10 heteroatoms. The van der Waals surface area contributed by atoms with Gasteiger partial charge in [-0.25, -0.2) is 8.42 Å². The fourth-order valence-electron chi connectivity index (χ4n) is 3.72. The van der Waals surface area contributed by atoms with Gasteiger partial charge in [-0.2, -0.15) is 17.5 Å². The molecule has 0 atom stereocenters. The lowest BCUT2D eigenvalue weighted by Crippen LogP contribution is -2.50. The Hall–Kier alpha value is -2.62. The van der Waals surface area contributed by atoms with Gasteiger partial charge in [0.05, 0.1) is 10.5 Å². The molecule has 1 heterocycles. The second-order valence-electron chi connectivity index (χ2n) is 7.40. The molecule has 0 radical (unpaired) electrons. The number of amides is 1. The van der Waals surface area contributed by atoms with Crippen molar-refractivity contribution in [3.63, 3.8) is 0 Å². The fraction of sp³-hybridized carbons (Fsp3) is 0.227. The largest absolute Gasteiger partial charge is 0.417 e. The minimum Gasteiger partial charge on any atom is -0.336 e. The van der Waals surface area contributed by atoms with E-state index >= 15 is 0 Å². The monoisotopic (exact) mass is 482 g/mol. The van der Waals surface area contributed by atoms with Crippen LogP contribution < -0.4 is 0 Å². The average molecular weight is 483 g/mol. The molecule has 1 aliphatic heterocycles. The number of alkyl halides is 3. The number of hydrogen-bond donors (Lipinski definition) is 0. The highest BCUT2D eigenvalue weighted by Crippen LogP contribution is 2.37. The molecule has 5 nitrogen and oxygen atoms in total. The van der Waals surface area contributed by atoms with Gasteiger partial charge in [0, 0.05) is 36.8 Å². The smallest absolute Gasteiger partial charge is 0.336 e. The van der Waals surface area contributed by atoms with Crippen molar-refractivity contribution in [1.82, 2.24) is 9.21 Å². The number of piperazine rings is 1. The summed E-state index contributed by atoms with van der Waals surface area (Å²) in [4.78, 5) is 13.5. The molecule has 1 fully saturated rings. The van der Waals surface area contributed by atoms with Gasteiger partial charge < -0.3 is 4.90 Å². The number of fused-ring (bicyclic) bond motifs is 1. The Bertz CT molecular complexity index is 1290. The van der Waals surface area contributed by atoms with Crippen molar-refractivity contribution >= 4 is 38.3 Å². The first-order chi connectivity index (χ1) is 15.1. The third kappa shape index (κ3) is 4.32. The van der Waals surface area contributed by atoms with Gasteiger partial charge in [0.2, 0.25) is 10.0 Å². The van der Waals surface area contributed by atoms with Crippen LogP contribution in [0, 0.1) is 0 Å². The predicted molar refractivity (Wildman–Crippen MR) is 115 cm³/mol. The van der Waals surface area contributed by atoms with Crippen molar-refractivity contribution < 1.29 is 26.4 Å². The first kappa shape index (κ1) is 22.6. The molecule has 0 N–H and O–H groups in total. The van der Waals surface area contributed by atoms with Crippen LogP contribution in [-0.4, -0.2) is 49.7 Å². The Kier molecular flexibility index (Phi) is 5.91. The van der Waals surface area contributed by atoms with Crippen molar-refractivity contribution in [3.05, 3.63) is 76.8 Å². The van der Waals surface area contributed by atoms with Crippen molar-refractivity contribution in [1.29, 1.82) is 0 Å². The Morgan fingerprint density at radius 3 is 2.19 bits per heavy atom. The van der Waals surface area contributed by atoms with Crippen molar-refractivity contribution in [2.24, 2.45) is 0 Å². The molecule has 0 bridgehead atoms. The zero-order chi connectivity index (χ0) is 23.1. The highest BCUT2D eigenvalue weighted by Gasteiger charge is 2.40. The second-order valence-corrected chi connectivity index (χ2v) is 9.74. The van der Waals surface area contributed by atoms with Gasteiger partial charge >= 0.3 is 6.18 Å². The molecule has 4 rings (SSSR count). The molecule has 1 amide bonds. The molecule has 32 heavy (non-hydrogen) atoms. The highest BCUT2D eigenvalue weighted by atomic mass is 35.5. The summed E-state index contributed by atoms with van der Waals surface area (Å²) in [6, 6.07) is 15.5. The van der Waals surface area contributed by atoms with Crippen molar-refractivity contribution in [2.75, 3.05) is 26.2 Å². The van der Waals surface area contributed by atoms with Gasteiger partial charge in [-0.3, -0.25) is 4.79 Å². The van der Waals surface area contributed by atoms with E-state index in [1.165, 1.54) is 4.90 Å². The van der Waals surface area contributed by atoms with Gasteiger partial charge in [-0.15, -0.1) is 0 Å². The quantitative estimate of drug-likeness (QED) is 0.545. The van der Waals surface area contributed by atoms with E-state index in [2.05, 4.69) is 0 Å². The van der Waals surface area contributed by atoms with E-state index in [1.807, 2.05) is 30.3 Å². The van der Waals surface area contributed by atoms with Gasteiger partial charge in [0.15, 0.2) is 0 Å². The maximum Gasteiger partial charge on any atom is 0.417 e. The molecule has 0 spiro atoms. The molecule has 3 aromatic carbocycles. The van der Waals surface area contributed by atoms with E-state index in [-0.39, 0.29) is 37.1 Å². The lowest BCUT2D eigenvalue weighted by Gasteiger charge is -2.34. The molecular weight excluding hydrogens is 465 g/mol. The third-order valence-electron chi connectivity index (χ3n) is 5.39. The predicted octanol–water partition coefficient (Wildman–Crippen LogP) is 4.66. The topological polar surface area (TPSA) is 57.7 Å². The van der Waals surface area contributed by atoms with Crippen LogP contribution in [0.4, 0.5) is 13.2 Å². The number of nitrogens with zero attached hydrogens (tertiary/aromatic N) is 2. The van der Waals surface area contributed by atoms with E-state index in [1.54, 1.807) is 12.1 Å². The summed E-state index contributed by atoms with van der Waals surface area (Å²) in [5.74, 6) is -0.254. The van der Waals surface area contributed by atoms with Crippen LogP contribution in [0.2, 0.25) is 5.02 Å². The van der Waals surface area contributed by atoms with Crippen molar-refractivity contribution in [2.45, 2.75) is 11.1 Å². The Morgan fingerprint density at radius 1 is 0.875 bits per heavy atom. The molecular formula is C22H18ClF3N2O3S.